The first-order valence-corrected chi connectivity index (χ1v) is 6.23. The molecule has 2 N–H and O–H groups in total. The third-order valence-electron chi connectivity index (χ3n) is 4.48. The maximum absolute atomic E-state index is 6.49. The highest BCUT2D eigenvalue weighted by Crippen LogP contribution is 2.49. The first-order valence-electron chi connectivity index (χ1n) is 6.23. The predicted octanol–water partition coefficient (Wildman–Crippen LogP) is 2.33. The van der Waals surface area contributed by atoms with E-state index in [9.17, 15) is 0 Å². The molecule has 90 valence electrons. The Labute approximate surface area is 98.0 Å². The highest BCUT2D eigenvalue weighted by atomic mass is 15.3. The minimum atomic E-state index is 0.0654. The van der Waals surface area contributed by atoms with Gasteiger partial charge in [-0.3, -0.25) is 4.68 Å². The normalized spacial score (nSPS) is 27.8. The first kappa shape index (κ1) is 11.6. The van der Waals surface area contributed by atoms with Crippen molar-refractivity contribution in [3.05, 3.63) is 18.0 Å². The minimum absolute atomic E-state index is 0.0654. The zero-order valence-electron chi connectivity index (χ0n) is 10.9. The second-order valence-corrected chi connectivity index (χ2v) is 5.67. The van der Waals surface area contributed by atoms with Gasteiger partial charge >= 0.3 is 0 Å². The number of hydrogen-bond donors (Lipinski definition) is 1. The molecule has 0 fully saturated rings. The lowest BCUT2D eigenvalue weighted by Gasteiger charge is -2.41. The Balaban J connectivity index is 2.63. The third kappa shape index (κ3) is 1.15. The fourth-order valence-electron chi connectivity index (χ4n) is 3.73. The van der Waals surface area contributed by atoms with Gasteiger partial charge in [-0.2, -0.15) is 5.10 Å². The lowest BCUT2D eigenvalue weighted by molar-refractivity contribution is 0.179. The molecule has 0 saturated heterocycles. The van der Waals surface area contributed by atoms with E-state index < -0.39 is 0 Å². The summed E-state index contributed by atoms with van der Waals surface area (Å²) in [6.45, 7) is 11.3. The summed E-state index contributed by atoms with van der Waals surface area (Å²) in [6, 6.07) is 2.61. The van der Waals surface area contributed by atoms with Crippen LogP contribution in [0.25, 0.3) is 0 Å². The van der Waals surface area contributed by atoms with E-state index in [0.717, 1.165) is 0 Å². The maximum atomic E-state index is 6.49. The van der Waals surface area contributed by atoms with Crippen LogP contribution in [-0.4, -0.2) is 15.8 Å². The maximum Gasteiger partial charge on any atom is 0.0654 e. The van der Waals surface area contributed by atoms with Gasteiger partial charge in [-0.1, -0.05) is 27.7 Å². The van der Waals surface area contributed by atoms with Crippen molar-refractivity contribution in [3.63, 3.8) is 0 Å². The molecule has 0 aliphatic carbocycles. The van der Waals surface area contributed by atoms with Crippen LogP contribution < -0.4 is 5.73 Å². The van der Waals surface area contributed by atoms with Gasteiger partial charge in [0, 0.05) is 23.3 Å². The van der Waals surface area contributed by atoms with E-state index in [1.54, 1.807) is 0 Å². The van der Waals surface area contributed by atoms with Crippen molar-refractivity contribution in [2.75, 3.05) is 0 Å². The van der Waals surface area contributed by atoms with Crippen LogP contribution in [0.15, 0.2) is 12.3 Å². The molecule has 1 aromatic rings. The Morgan fingerprint density at radius 3 is 2.38 bits per heavy atom. The zero-order chi connectivity index (χ0) is 12.1. The van der Waals surface area contributed by atoms with Gasteiger partial charge in [-0.15, -0.1) is 0 Å². The van der Waals surface area contributed by atoms with Crippen molar-refractivity contribution in [1.82, 2.24) is 9.78 Å². The molecule has 1 aliphatic heterocycles. The number of nitrogens with two attached hydrogens (primary N) is 1. The summed E-state index contributed by atoms with van der Waals surface area (Å²) in [5.74, 6) is 1.06. The van der Waals surface area contributed by atoms with Gasteiger partial charge in [0.2, 0.25) is 0 Å². The van der Waals surface area contributed by atoms with Crippen molar-refractivity contribution < 1.29 is 0 Å². The van der Waals surface area contributed by atoms with Crippen molar-refractivity contribution in [3.8, 4) is 0 Å². The molecule has 1 aromatic heterocycles. The summed E-state index contributed by atoms with van der Waals surface area (Å²) in [4.78, 5) is 0. The van der Waals surface area contributed by atoms with E-state index in [1.165, 1.54) is 5.69 Å². The molecule has 1 aliphatic rings. The number of hydrogen-bond acceptors (Lipinski definition) is 2. The van der Waals surface area contributed by atoms with Gasteiger partial charge in [0.05, 0.1) is 6.04 Å². The number of nitrogens with zero attached hydrogens (tertiary/aromatic N) is 2. The van der Waals surface area contributed by atoms with Gasteiger partial charge < -0.3 is 5.73 Å². The molecule has 0 bridgehead atoms. The summed E-state index contributed by atoms with van der Waals surface area (Å²) in [6.07, 6.45) is 1.90. The van der Waals surface area contributed by atoms with Gasteiger partial charge in [0.15, 0.2) is 0 Å². The SMILES string of the molecule is CC1[C@@H](N)C(C(C)C)(C(C)C)c2ccnn21. The topological polar surface area (TPSA) is 43.8 Å². The van der Waals surface area contributed by atoms with Crippen LogP contribution in [0.1, 0.15) is 46.4 Å². The van der Waals surface area contributed by atoms with E-state index in [1.807, 2.05) is 6.20 Å². The lowest BCUT2D eigenvalue weighted by Crippen LogP contribution is -2.51. The monoisotopic (exact) mass is 221 g/mol. The molecular weight excluding hydrogens is 198 g/mol. The Hall–Kier alpha value is -0.830. The standard InChI is InChI=1S/C13H23N3/c1-8(2)13(9(3)4)11-6-7-15-16(11)10(5)12(13)14/h6-10,12H,14H2,1-5H3/t10?,12-/m1/s1. The molecule has 1 unspecified atom stereocenters. The Bertz CT molecular complexity index is 370. The highest BCUT2D eigenvalue weighted by Gasteiger charge is 2.53. The van der Waals surface area contributed by atoms with Crippen LogP contribution in [-0.2, 0) is 5.41 Å². The summed E-state index contributed by atoms with van der Waals surface area (Å²) >= 11 is 0. The van der Waals surface area contributed by atoms with Crippen molar-refractivity contribution in [2.45, 2.75) is 52.1 Å². The van der Waals surface area contributed by atoms with E-state index in [2.05, 4.69) is 50.5 Å². The second-order valence-electron chi connectivity index (χ2n) is 5.67. The van der Waals surface area contributed by atoms with Gasteiger partial charge in [-0.25, -0.2) is 0 Å². The number of aromatic nitrogens is 2. The Morgan fingerprint density at radius 2 is 1.88 bits per heavy atom. The second kappa shape index (κ2) is 3.59. The molecule has 2 heterocycles. The van der Waals surface area contributed by atoms with E-state index in [0.29, 0.717) is 17.9 Å². The fraction of sp³-hybridized carbons (Fsp3) is 0.769. The molecule has 0 saturated carbocycles. The average Bonchev–Trinajstić information content (AvgIpc) is 2.71. The molecule has 0 spiro atoms. The summed E-state index contributed by atoms with van der Waals surface area (Å²) in [7, 11) is 0. The lowest BCUT2D eigenvalue weighted by atomic mass is 9.63. The molecular formula is C13H23N3. The predicted molar refractivity (Wildman–Crippen MR) is 66.3 cm³/mol. The first-order chi connectivity index (χ1) is 7.44. The molecule has 2 rings (SSSR count). The highest BCUT2D eigenvalue weighted by molar-refractivity contribution is 5.29. The summed E-state index contributed by atoms with van der Waals surface area (Å²) in [5.41, 5.74) is 7.88. The largest absolute Gasteiger partial charge is 0.325 e. The Morgan fingerprint density at radius 1 is 1.31 bits per heavy atom. The molecule has 16 heavy (non-hydrogen) atoms. The van der Waals surface area contributed by atoms with E-state index >= 15 is 0 Å². The number of rotatable bonds is 2. The van der Waals surface area contributed by atoms with Gasteiger partial charge in [0.25, 0.3) is 0 Å². The van der Waals surface area contributed by atoms with Crippen molar-refractivity contribution >= 4 is 0 Å². The molecule has 3 nitrogen and oxygen atoms in total. The molecule has 0 aromatic carbocycles. The molecule has 0 amide bonds. The van der Waals surface area contributed by atoms with Crippen LogP contribution in [0.2, 0.25) is 0 Å². The van der Waals surface area contributed by atoms with Crippen molar-refractivity contribution in [2.24, 2.45) is 17.6 Å². The van der Waals surface area contributed by atoms with Crippen LogP contribution in [0.4, 0.5) is 0 Å². The molecule has 2 atom stereocenters. The summed E-state index contributed by atoms with van der Waals surface area (Å²) in [5, 5.41) is 4.42. The van der Waals surface area contributed by atoms with Gasteiger partial charge in [-0.05, 0) is 24.8 Å². The fourth-order valence-corrected chi connectivity index (χ4v) is 3.73. The quantitative estimate of drug-likeness (QED) is 0.833. The van der Waals surface area contributed by atoms with Gasteiger partial charge in [0.1, 0.15) is 0 Å². The number of fused-ring (bicyclic) bond motifs is 1. The van der Waals surface area contributed by atoms with Crippen LogP contribution in [0.3, 0.4) is 0 Å². The smallest absolute Gasteiger partial charge is 0.0654 e. The third-order valence-corrected chi connectivity index (χ3v) is 4.48. The minimum Gasteiger partial charge on any atom is -0.325 e. The van der Waals surface area contributed by atoms with Crippen LogP contribution in [0, 0.1) is 11.8 Å². The van der Waals surface area contributed by atoms with Crippen LogP contribution >= 0.6 is 0 Å². The van der Waals surface area contributed by atoms with Crippen molar-refractivity contribution in [1.29, 1.82) is 0 Å². The van der Waals surface area contributed by atoms with E-state index in [-0.39, 0.29) is 11.5 Å². The zero-order valence-corrected chi connectivity index (χ0v) is 10.9. The Kier molecular flexibility index (Phi) is 2.61. The molecule has 0 radical (unpaired) electrons. The van der Waals surface area contributed by atoms with Crippen LogP contribution in [0.5, 0.6) is 0 Å². The average molecular weight is 221 g/mol. The molecule has 3 heteroatoms. The summed E-state index contributed by atoms with van der Waals surface area (Å²) < 4.78 is 2.12. The van der Waals surface area contributed by atoms with E-state index in [4.69, 9.17) is 5.73 Å².